The maximum atomic E-state index is 12.8. The lowest BCUT2D eigenvalue weighted by Crippen LogP contribution is -2.46. The molecule has 0 aliphatic carbocycles. The van der Waals surface area contributed by atoms with Crippen molar-refractivity contribution < 1.29 is 29.0 Å². The summed E-state index contributed by atoms with van der Waals surface area (Å²) in [6.07, 6.45) is 3.66. The van der Waals surface area contributed by atoms with Gasteiger partial charge in [-0.25, -0.2) is 14.4 Å². The van der Waals surface area contributed by atoms with Gasteiger partial charge in [-0.2, -0.15) is 0 Å². The molecule has 0 aromatic heterocycles. The molecule has 3 amide bonds. The van der Waals surface area contributed by atoms with Crippen molar-refractivity contribution in [2.75, 3.05) is 38.1 Å². The van der Waals surface area contributed by atoms with Crippen LogP contribution in [0.15, 0.2) is 18.2 Å². The molecule has 0 saturated carbocycles. The molecule has 2 fully saturated rings. The molecule has 1 aromatic rings. The number of nitrogens with one attached hydrogen (secondary N) is 1. The maximum absolute atomic E-state index is 12.8. The second-order valence-corrected chi connectivity index (χ2v) is 10.2. The van der Waals surface area contributed by atoms with E-state index >= 15 is 0 Å². The van der Waals surface area contributed by atoms with Crippen LogP contribution in [-0.4, -0.2) is 71.4 Å². The van der Waals surface area contributed by atoms with Gasteiger partial charge in [0.2, 0.25) is 0 Å². The van der Waals surface area contributed by atoms with E-state index in [0.29, 0.717) is 36.4 Å². The van der Waals surface area contributed by atoms with Gasteiger partial charge in [0.15, 0.2) is 6.61 Å². The maximum Gasteiger partial charge on any atom is 0.410 e. The average molecular weight is 476 g/mol. The van der Waals surface area contributed by atoms with Crippen molar-refractivity contribution in [3.05, 3.63) is 23.8 Å². The van der Waals surface area contributed by atoms with Crippen molar-refractivity contribution in [3.8, 4) is 5.75 Å². The van der Waals surface area contributed by atoms with E-state index in [9.17, 15) is 14.4 Å². The number of likely N-dealkylation sites (tertiary alicyclic amines) is 2. The first-order valence-corrected chi connectivity index (χ1v) is 12.0. The van der Waals surface area contributed by atoms with E-state index in [-0.39, 0.29) is 12.1 Å². The van der Waals surface area contributed by atoms with Gasteiger partial charge in [0.25, 0.3) is 0 Å². The molecule has 0 unspecified atom stereocenters. The normalized spacial score (nSPS) is 17.9. The fourth-order valence-corrected chi connectivity index (χ4v) is 4.66. The minimum absolute atomic E-state index is 0.125. The SMILES string of the molecule is Cc1cc(OCC(=O)O)ccc1NC(=O)N1CCC(C2CCN(C(=O)OC(C)(C)C)CC2)CC1. The molecule has 2 N–H and O–H groups in total. The number of carbonyl (C=O) groups excluding carboxylic acids is 2. The topological polar surface area (TPSA) is 108 Å². The number of aryl methyl sites for hydroxylation is 1. The molecule has 9 heteroatoms. The van der Waals surface area contributed by atoms with E-state index in [0.717, 1.165) is 44.3 Å². The van der Waals surface area contributed by atoms with Gasteiger partial charge >= 0.3 is 18.1 Å². The summed E-state index contributed by atoms with van der Waals surface area (Å²) in [7, 11) is 0. The van der Waals surface area contributed by atoms with Crippen LogP contribution in [0.5, 0.6) is 5.75 Å². The zero-order valence-electron chi connectivity index (χ0n) is 20.6. The van der Waals surface area contributed by atoms with Gasteiger partial charge < -0.3 is 29.7 Å². The molecule has 2 aliphatic rings. The number of carboxylic acid groups (broad SMARTS) is 1. The molecule has 188 valence electrons. The number of aliphatic carboxylic acids is 1. The van der Waals surface area contributed by atoms with E-state index in [1.54, 1.807) is 18.2 Å². The Hall–Kier alpha value is -2.97. The van der Waals surface area contributed by atoms with Gasteiger partial charge in [0.1, 0.15) is 11.4 Å². The summed E-state index contributed by atoms with van der Waals surface area (Å²) in [5.41, 5.74) is 1.02. The second-order valence-electron chi connectivity index (χ2n) is 10.2. The summed E-state index contributed by atoms with van der Waals surface area (Å²) in [6, 6.07) is 4.98. The van der Waals surface area contributed by atoms with Crippen molar-refractivity contribution >= 4 is 23.8 Å². The van der Waals surface area contributed by atoms with Crippen molar-refractivity contribution in [3.63, 3.8) is 0 Å². The third-order valence-electron chi connectivity index (χ3n) is 6.49. The zero-order chi connectivity index (χ0) is 24.9. The summed E-state index contributed by atoms with van der Waals surface area (Å²) in [5, 5.41) is 11.7. The van der Waals surface area contributed by atoms with E-state index in [1.807, 2.05) is 37.5 Å². The molecule has 3 rings (SSSR count). The van der Waals surface area contributed by atoms with Crippen LogP contribution in [0.25, 0.3) is 0 Å². The van der Waals surface area contributed by atoms with Crippen molar-refractivity contribution in [1.29, 1.82) is 0 Å². The summed E-state index contributed by atoms with van der Waals surface area (Å²) >= 11 is 0. The standard InChI is InChI=1S/C25H37N3O6/c1-17-15-20(33-16-22(29)30)5-6-21(17)26-23(31)27-11-7-18(8-12-27)19-9-13-28(14-10-19)24(32)34-25(2,3)4/h5-6,15,18-19H,7-14,16H2,1-4H3,(H,26,31)(H,29,30). The molecule has 2 aliphatic heterocycles. The van der Waals surface area contributed by atoms with Crippen LogP contribution in [0.4, 0.5) is 15.3 Å². The number of rotatable bonds is 5. The lowest BCUT2D eigenvalue weighted by molar-refractivity contribution is -0.139. The Bertz CT molecular complexity index is 881. The highest BCUT2D eigenvalue weighted by atomic mass is 16.6. The first kappa shape index (κ1) is 25.6. The molecule has 0 atom stereocenters. The minimum Gasteiger partial charge on any atom is -0.482 e. The lowest BCUT2D eigenvalue weighted by Gasteiger charge is -2.40. The number of hydrogen-bond donors (Lipinski definition) is 2. The zero-order valence-corrected chi connectivity index (χ0v) is 20.6. The van der Waals surface area contributed by atoms with Gasteiger partial charge in [0, 0.05) is 31.9 Å². The summed E-state index contributed by atoms with van der Waals surface area (Å²) in [5.74, 6) is 0.560. The van der Waals surface area contributed by atoms with Gasteiger partial charge in [0.05, 0.1) is 0 Å². The Labute approximate surface area is 201 Å². The third-order valence-corrected chi connectivity index (χ3v) is 6.49. The minimum atomic E-state index is -1.04. The van der Waals surface area contributed by atoms with Crippen LogP contribution < -0.4 is 10.1 Å². The number of urea groups is 1. The van der Waals surface area contributed by atoms with E-state index in [2.05, 4.69) is 5.32 Å². The number of amides is 3. The van der Waals surface area contributed by atoms with Gasteiger partial charge in [-0.05, 0) is 89.0 Å². The van der Waals surface area contributed by atoms with Crippen LogP contribution >= 0.6 is 0 Å². The highest BCUT2D eigenvalue weighted by Gasteiger charge is 2.33. The number of anilines is 1. The highest BCUT2D eigenvalue weighted by Crippen LogP contribution is 2.33. The molecule has 2 saturated heterocycles. The van der Waals surface area contributed by atoms with Crippen LogP contribution in [-0.2, 0) is 9.53 Å². The Morgan fingerprint density at radius 2 is 1.56 bits per heavy atom. The third kappa shape index (κ3) is 7.27. The Morgan fingerprint density at radius 1 is 1.00 bits per heavy atom. The number of nitrogens with zero attached hydrogens (tertiary/aromatic N) is 2. The van der Waals surface area contributed by atoms with Gasteiger partial charge in [-0.3, -0.25) is 0 Å². The molecular formula is C25H37N3O6. The molecule has 1 aromatic carbocycles. The summed E-state index contributed by atoms with van der Waals surface area (Å²) in [6.45, 7) is 9.97. The number of carbonyl (C=O) groups is 3. The molecule has 0 bridgehead atoms. The number of piperidine rings is 2. The molecule has 2 heterocycles. The van der Waals surface area contributed by atoms with Crippen molar-refractivity contribution in [1.82, 2.24) is 9.80 Å². The number of hydrogen-bond acceptors (Lipinski definition) is 5. The van der Waals surface area contributed by atoms with E-state index in [4.69, 9.17) is 14.6 Å². The average Bonchev–Trinajstić information content (AvgIpc) is 2.78. The molecule has 0 spiro atoms. The molecule has 9 nitrogen and oxygen atoms in total. The highest BCUT2D eigenvalue weighted by molar-refractivity contribution is 5.90. The predicted octanol–water partition coefficient (Wildman–Crippen LogP) is 4.35. The fourth-order valence-electron chi connectivity index (χ4n) is 4.66. The van der Waals surface area contributed by atoms with Crippen LogP contribution in [0, 0.1) is 18.8 Å². The van der Waals surface area contributed by atoms with Crippen molar-refractivity contribution in [2.45, 2.75) is 59.0 Å². The first-order valence-electron chi connectivity index (χ1n) is 12.0. The largest absolute Gasteiger partial charge is 0.482 e. The summed E-state index contributed by atoms with van der Waals surface area (Å²) < 4.78 is 10.7. The monoisotopic (exact) mass is 475 g/mol. The van der Waals surface area contributed by atoms with Crippen molar-refractivity contribution in [2.24, 2.45) is 11.8 Å². The number of benzene rings is 1. The smallest absolute Gasteiger partial charge is 0.410 e. The number of ether oxygens (including phenoxy) is 2. The lowest BCUT2D eigenvalue weighted by atomic mass is 9.79. The second kappa shape index (κ2) is 11.0. The van der Waals surface area contributed by atoms with Crippen LogP contribution in [0.3, 0.4) is 0 Å². The molecule has 0 radical (unpaired) electrons. The van der Waals surface area contributed by atoms with E-state index in [1.165, 1.54) is 0 Å². The van der Waals surface area contributed by atoms with E-state index < -0.39 is 18.2 Å². The van der Waals surface area contributed by atoms with Gasteiger partial charge in [-0.15, -0.1) is 0 Å². The Morgan fingerprint density at radius 3 is 2.06 bits per heavy atom. The van der Waals surface area contributed by atoms with Gasteiger partial charge in [-0.1, -0.05) is 0 Å². The first-order chi connectivity index (χ1) is 16.0. The predicted molar refractivity (Wildman–Crippen MR) is 128 cm³/mol. The Kier molecular flexibility index (Phi) is 8.28. The van der Waals surface area contributed by atoms with Crippen LogP contribution in [0.2, 0.25) is 0 Å². The molecule has 34 heavy (non-hydrogen) atoms. The number of carboxylic acids is 1. The fraction of sp³-hybridized carbons (Fsp3) is 0.640. The molecular weight excluding hydrogens is 438 g/mol. The Balaban J connectivity index is 1.43. The summed E-state index contributed by atoms with van der Waals surface area (Å²) in [4.78, 5) is 39.4. The quantitative estimate of drug-likeness (QED) is 0.655. The van der Waals surface area contributed by atoms with Crippen LogP contribution in [0.1, 0.15) is 52.0 Å².